The number of alkyl halides is 1. The van der Waals surface area contributed by atoms with Gasteiger partial charge in [0.2, 0.25) is 6.17 Å². The summed E-state index contributed by atoms with van der Waals surface area (Å²) < 4.78 is 19.5. The molecule has 2 heterocycles. The van der Waals surface area contributed by atoms with Crippen molar-refractivity contribution in [1.29, 1.82) is 0 Å². The van der Waals surface area contributed by atoms with Gasteiger partial charge in [-0.15, -0.1) is 0 Å². The fraction of sp³-hybridized carbons (Fsp3) is 0.562. The maximum absolute atomic E-state index is 14.1. The minimum Gasteiger partial charge on any atom is -0.460 e. The van der Waals surface area contributed by atoms with Gasteiger partial charge < -0.3 is 9.64 Å². The lowest BCUT2D eigenvalue weighted by Gasteiger charge is -2.35. The fourth-order valence-electron chi connectivity index (χ4n) is 3.44. The van der Waals surface area contributed by atoms with Gasteiger partial charge in [0.05, 0.1) is 0 Å². The molecule has 2 bridgehead atoms. The molecule has 4 heteroatoms. The third-order valence-electron chi connectivity index (χ3n) is 4.64. The van der Waals surface area contributed by atoms with Gasteiger partial charge in [-0.3, -0.25) is 0 Å². The molecule has 0 aliphatic carbocycles. The van der Waals surface area contributed by atoms with Crippen LogP contribution in [-0.4, -0.2) is 36.1 Å². The van der Waals surface area contributed by atoms with Crippen molar-refractivity contribution < 1.29 is 13.9 Å². The Morgan fingerprint density at radius 2 is 1.85 bits per heavy atom. The zero-order chi connectivity index (χ0) is 14.1. The molecule has 2 aliphatic heterocycles. The first kappa shape index (κ1) is 13.6. The number of halogens is 1. The van der Waals surface area contributed by atoms with Crippen molar-refractivity contribution in [2.45, 2.75) is 50.0 Å². The second-order valence-electron chi connectivity index (χ2n) is 5.85. The largest absolute Gasteiger partial charge is 0.460 e. The number of hydrogen-bond acceptors (Lipinski definition) is 3. The fourth-order valence-corrected chi connectivity index (χ4v) is 3.44. The first-order chi connectivity index (χ1) is 9.65. The van der Waals surface area contributed by atoms with E-state index in [9.17, 15) is 9.18 Å². The van der Waals surface area contributed by atoms with Crippen LogP contribution >= 0.6 is 0 Å². The number of piperidine rings is 1. The topological polar surface area (TPSA) is 29.5 Å². The Morgan fingerprint density at radius 3 is 2.45 bits per heavy atom. The molecule has 2 aliphatic rings. The quantitative estimate of drug-likeness (QED) is 0.796. The standard InChI is InChI=1S/C16H20FNO2/c1-18-12-7-8-13(18)10-14(9-12)20-16(19)15(17)11-5-3-2-4-6-11/h2-6,12-15H,7-10H2,1H3/t12-,13+,14?,15?. The lowest BCUT2D eigenvalue weighted by atomic mass is 10.0. The molecular formula is C16H20FNO2. The number of rotatable bonds is 3. The second kappa shape index (κ2) is 5.52. The van der Waals surface area contributed by atoms with Gasteiger partial charge in [-0.1, -0.05) is 30.3 Å². The van der Waals surface area contributed by atoms with Gasteiger partial charge in [-0.25, -0.2) is 9.18 Å². The van der Waals surface area contributed by atoms with Crippen molar-refractivity contribution in [1.82, 2.24) is 4.90 Å². The summed E-state index contributed by atoms with van der Waals surface area (Å²) in [6, 6.07) is 9.46. The molecule has 0 N–H and O–H groups in total. The predicted molar refractivity (Wildman–Crippen MR) is 74.0 cm³/mol. The van der Waals surface area contributed by atoms with Crippen LogP contribution < -0.4 is 0 Å². The van der Waals surface area contributed by atoms with Crippen molar-refractivity contribution in [2.24, 2.45) is 0 Å². The van der Waals surface area contributed by atoms with Crippen LogP contribution in [0.1, 0.15) is 37.4 Å². The normalized spacial score (nSPS) is 31.0. The first-order valence-corrected chi connectivity index (χ1v) is 7.26. The van der Waals surface area contributed by atoms with Crippen molar-refractivity contribution in [3.05, 3.63) is 35.9 Å². The second-order valence-corrected chi connectivity index (χ2v) is 5.85. The number of ether oxygens (including phenoxy) is 1. The summed E-state index contributed by atoms with van der Waals surface area (Å²) in [4.78, 5) is 14.3. The summed E-state index contributed by atoms with van der Waals surface area (Å²) in [5, 5.41) is 0. The van der Waals surface area contributed by atoms with Crippen LogP contribution in [-0.2, 0) is 9.53 Å². The lowest BCUT2D eigenvalue weighted by molar-refractivity contribution is -0.158. The number of fused-ring (bicyclic) bond motifs is 2. The van der Waals surface area contributed by atoms with E-state index in [0.29, 0.717) is 17.6 Å². The third-order valence-corrected chi connectivity index (χ3v) is 4.64. The Hall–Kier alpha value is -1.42. The van der Waals surface area contributed by atoms with Crippen molar-refractivity contribution in [3.8, 4) is 0 Å². The van der Waals surface area contributed by atoms with E-state index in [-0.39, 0.29) is 6.10 Å². The Labute approximate surface area is 118 Å². The van der Waals surface area contributed by atoms with E-state index in [1.54, 1.807) is 30.3 Å². The molecule has 3 nitrogen and oxygen atoms in total. The number of hydrogen-bond donors (Lipinski definition) is 0. The van der Waals surface area contributed by atoms with Gasteiger partial charge in [-0.05, 0) is 38.3 Å². The number of carbonyl (C=O) groups is 1. The number of benzene rings is 1. The summed E-state index contributed by atoms with van der Waals surface area (Å²) in [6.07, 6.45) is 2.19. The minimum absolute atomic E-state index is 0.127. The minimum atomic E-state index is -1.67. The van der Waals surface area contributed by atoms with Gasteiger partial charge in [0.15, 0.2) is 0 Å². The Kier molecular flexibility index (Phi) is 3.74. The smallest absolute Gasteiger partial charge is 0.345 e. The highest BCUT2D eigenvalue weighted by Crippen LogP contribution is 2.36. The Bertz CT molecular complexity index is 465. The van der Waals surface area contributed by atoms with E-state index in [1.165, 1.54) is 0 Å². The molecule has 0 spiro atoms. The van der Waals surface area contributed by atoms with Gasteiger partial charge in [0.25, 0.3) is 0 Å². The van der Waals surface area contributed by atoms with Crippen LogP contribution in [0, 0.1) is 0 Å². The van der Waals surface area contributed by atoms with Gasteiger partial charge in [0, 0.05) is 12.1 Å². The summed E-state index contributed by atoms with van der Waals surface area (Å²) >= 11 is 0. The van der Waals surface area contributed by atoms with E-state index in [1.807, 2.05) is 0 Å². The highest BCUT2D eigenvalue weighted by Gasteiger charge is 2.40. The lowest BCUT2D eigenvalue weighted by Crippen LogP contribution is -2.43. The van der Waals surface area contributed by atoms with Crippen molar-refractivity contribution in [3.63, 3.8) is 0 Å². The number of esters is 1. The zero-order valence-corrected chi connectivity index (χ0v) is 11.7. The highest BCUT2D eigenvalue weighted by atomic mass is 19.1. The highest BCUT2D eigenvalue weighted by molar-refractivity contribution is 5.76. The summed E-state index contributed by atoms with van der Waals surface area (Å²) in [5.74, 6) is -0.745. The molecule has 0 amide bonds. The van der Waals surface area contributed by atoms with Crippen LogP contribution in [0.4, 0.5) is 4.39 Å². The molecular weight excluding hydrogens is 257 g/mol. The summed E-state index contributed by atoms with van der Waals surface area (Å²) in [6.45, 7) is 0. The average molecular weight is 277 g/mol. The molecule has 0 radical (unpaired) electrons. The summed E-state index contributed by atoms with van der Waals surface area (Å²) in [7, 11) is 2.13. The Morgan fingerprint density at radius 1 is 1.25 bits per heavy atom. The zero-order valence-electron chi connectivity index (χ0n) is 11.7. The van der Waals surface area contributed by atoms with Crippen LogP contribution in [0.5, 0.6) is 0 Å². The maximum Gasteiger partial charge on any atom is 0.345 e. The molecule has 3 rings (SSSR count). The van der Waals surface area contributed by atoms with E-state index >= 15 is 0 Å². The molecule has 20 heavy (non-hydrogen) atoms. The van der Waals surface area contributed by atoms with Gasteiger partial charge >= 0.3 is 5.97 Å². The number of carbonyl (C=O) groups excluding carboxylic acids is 1. The van der Waals surface area contributed by atoms with E-state index < -0.39 is 12.1 Å². The molecule has 0 aromatic heterocycles. The van der Waals surface area contributed by atoms with Crippen LogP contribution in [0.15, 0.2) is 30.3 Å². The molecule has 2 saturated heterocycles. The first-order valence-electron chi connectivity index (χ1n) is 7.26. The SMILES string of the molecule is CN1[C@@H]2CC[C@H]1CC(OC(=O)C(F)c1ccccc1)C2. The van der Waals surface area contributed by atoms with Crippen LogP contribution in [0.3, 0.4) is 0 Å². The molecule has 2 unspecified atom stereocenters. The number of nitrogens with zero attached hydrogens (tertiary/aromatic N) is 1. The monoisotopic (exact) mass is 277 g/mol. The van der Waals surface area contributed by atoms with E-state index in [2.05, 4.69) is 11.9 Å². The molecule has 108 valence electrons. The van der Waals surface area contributed by atoms with Crippen LogP contribution in [0.25, 0.3) is 0 Å². The maximum atomic E-state index is 14.1. The third kappa shape index (κ3) is 2.57. The summed E-state index contributed by atoms with van der Waals surface area (Å²) in [5.41, 5.74) is 0.369. The predicted octanol–water partition coefficient (Wildman–Crippen LogP) is 2.87. The van der Waals surface area contributed by atoms with Gasteiger partial charge in [0.1, 0.15) is 6.10 Å². The van der Waals surface area contributed by atoms with E-state index in [4.69, 9.17) is 4.74 Å². The molecule has 0 saturated carbocycles. The molecule has 1 aromatic carbocycles. The van der Waals surface area contributed by atoms with Crippen molar-refractivity contribution in [2.75, 3.05) is 7.05 Å². The van der Waals surface area contributed by atoms with Gasteiger partial charge in [-0.2, -0.15) is 0 Å². The van der Waals surface area contributed by atoms with Crippen molar-refractivity contribution >= 4 is 5.97 Å². The molecule has 2 fully saturated rings. The van der Waals surface area contributed by atoms with Crippen LogP contribution in [0.2, 0.25) is 0 Å². The van der Waals surface area contributed by atoms with E-state index in [0.717, 1.165) is 25.7 Å². The molecule has 4 atom stereocenters. The Balaban J connectivity index is 1.60. The molecule has 1 aromatic rings. The average Bonchev–Trinajstić information content (AvgIpc) is 2.69.